The third-order valence-corrected chi connectivity index (χ3v) is 4.35. The molecule has 25 heavy (non-hydrogen) atoms. The van der Waals surface area contributed by atoms with Crippen molar-refractivity contribution in [3.8, 4) is 5.75 Å². The summed E-state index contributed by atoms with van der Waals surface area (Å²) in [6, 6.07) is 17.6. The SMILES string of the molecule is COc1cccc(CCNC(=O)c2csc(Nc3ccccc3)n2)c1. The number of amides is 1. The molecule has 1 amide bonds. The topological polar surface area (TPSA) is 63.2 Å². The molecule has 3 rings (SSSR count). The largest absolute Gasteiger partial charge is 0.497 e. The number of thiazole rings is 1. The van der Waals surface area contributed by atoms with Crippen LogP contribution in [0.1, 0.15) is 16.1 Å². The summed E-state index contributed by atoms with van der Waals surface area (Å²) in [6.07, 6.45) is 0.738. The average Bonchev–Trinajstić information content (AvgIpc) is 3.11. The van der Waals surface area contributed by atoms with E-state index in [-0.39, 0.29) is 5.91 Å². The molecule has 0 atom stereocenters. The zero-order valence-corrected chi connectivity index (χ0v) is 14.7. The number of rotatable bonds is 7. The summed E-state index contributed by atoms with van der Waals surface area (Å²) < 4.78 is 5.20. The van der Waals surface area contributed by atoms with Crippen LogP contribution in [0.5, 0.6) is 5.75 Å². The third-order valence-electron chi connectivity index (χ3n) is 3.60. The van der Waals surface area contributed by atoms with Gasteiger partial charge in [-0.1, -0.05) is 30.3 Å². The van der Waals surface area contributed by atoms with Gasteiger partial charge in [0.15, 0.2) is 5.13 Å². The van der Waals surface area contributed by atoms with E-state index in [0.29, 0.717) is 17.4 Å². The molecule has 5 nitrogen and oxygen atoms in total. The van der Waals surface area contributed by atoms with Gasteiger partial charge >= 0.3 is 0 Å². The highest BCUT2D eigenvalue weighted by Crippen LogP contribution is 2.20. The molecular weight excluding hydrogens is 334 g/mol. The number of methoxy groups -OCH3 is 1. The van der Waals surface area contributed by atoms with Gasteiger partial charge in [0.25, 0.3) is 5.91 Å². The summed E-state index contributed by atoms with van der Waals surface area (Å²) in [6.45, 7) is 0.547. The molecular formula is C19H19N3O2S. The summed E-state index contributed by atoms with van der Waals surface area (Å²) in [5.41, 5.74) is 2.49. The summed E-state index contributed by atoms with van der Waals surface area (Å²) >= 11 is 1.41. The monoisotopic (exact) mass is 353 g/mol. The minimum absolute atomic E-state index is 0.166. The second-order valence-corrected chi connectivity index (χ2v) is 6.24. The van der Waals surface area contributed by atoms with Gasteiger partial charge in [-0.15, -0.1) is 11.3 Å². The van der Waals surface area contributed by atoms with Crippen molar-refractivity contribution in [3.63, 3.8) is 0 Å². The first-order valence-corrected chi connectivity index (χ1v) is 8.81. The van der Waals surface area contributed by atoms with Gasteiger partial charge in [0.1, 0.15) is 11.4 Å². The van der Waals surface area contributed by atoms with E-state index in [1.54, 1.807) is 12.5 Å². The first-order valence-electron chi connectivity index (χ1n) is 7.93. The minimum atomic E-state index is -0.166. The maximum absolute atomic E-state index is 12.2. The zero-order valence-electron chi connectivity index (χ0n) is 13.9. The molecule has 0 aliphatic carbocycles. The van der Waals surface area contributed by atoms with Gasteiger partial charge in [-0.25, -0.2) is 4.98 Å². The number of carbonyl (C=O) groups is 1. The number of benzene rings is 2. The Bertz CT molecular complexity index is 833. The molecule has 0 saturated heterocycles. The van der Waals surface area contributed by atoms with Crippen LogP contribution in [-0.4, -0.2) is 24.5 Å². The van der Waals surface area contributed by atoms with E-state index in [2.05, 4.69) is 15.6 Å². The van der Waals surface area contributed by atoms with Gasteiger partial charge in [-0.05, 0) is 36.2 Å². The maximum atomic E-state index is 12.2. The lowest BCUT2D eigenvalue weighted by molar-refractivity contribution is 0.0950. The van der Waals surface area contributed by atoms with E-state index in [0.717, 1.165) is 23.4 Å². The van der Waals surface area contributed by atoms with Gasteiger partial charge < -0.3 is 15.4 Å². The first kappa shape index (κ1) is 17.0. The molecule has 0 radical (unpaired) electrons. The van der Waals surface area contributed by atoms with Crippen LogP contribution in [0.2, 0.25) is 0 Å². The van der Waals surface area contributed by atoms with E-state index < -0.39 is 0 Å². The number of hydrogen-bond donors (Lipinski definition) is 2. The fourth-order valence-electron chi connectivity index (χ4n) is 2.32. The Morgan fingerprint density at radius 2 is 2.00 bits per heavy atom. The Kier molecular flexibility index (Phi) is 5.64. The van der Waals surface area contributed by atoms with E-state index in [9.17, 15) is 4.79 Å². The van der Waals surface area contributed by atoms with Gasteiger partial charge in [-0.3, -0.25) is 4.79 Å². The fraction of sp³-hybridized carbons (Fsp3) is 0.158. The maximum Gasteiger partial charge on any atom is 0.270 e. The minimum Gasteiger partial charge on any atom is -0.497 e. The van der Waals surface area contributed by atoms with Crippen molar-refractivity contribution in [1.82, 2.24) is 10.3 Å². The number of nitrogens with one attached hydrogen (secondary N) is 2. The molecule has 1 heterocycles. The van der Waals surface area contributed by atoms with Crippen LogP contribution in [0.3, 0.4) is 0 Å². The van der Waals surface area contributed by atoms with E-state index >= 15 is 0 Å². The number of anilines is 2. The van der Waals surface area contributed by atoms with Gasteiger partial charge in [0.2, 0.25) is 0 Å². The van der Waals surface area contributed by atoms with Crippen molar-refractivity contribution >= 4 is 28.1 Å². The van der Waals surface area contributed by atoms with Crippen LogP contribution >= 0.6 is 11.3 Å². The van der Waals surface area contributed by atoms with Crippen molar-refractivity contribution in [1.29, 1.82) is 0 Å². The van der Waals surface area contributed by atoms with Crippen molar-refractivity contribution in [3.05, 3.63) is 71.2 Å². The number of nitrogens with zero attached hydrogens (tertiary/aromatic N) is 1. The summed E-state index contributed by atoms with van der Waals surface area (Å²) in [4.78, 5) is 16.5. The molecule has 0 aliphatic heterocycles. The second-order valence-electron chi connectivity index (χ2n) is 5.39. The van der Waals surface area contributed by atoms with Gasteiger partial charge in [0.05, 0.1) is 7.11 Å². The van der Waals surface area contributed by atoms with Crippen LogP contribution in [0.25, 0.3) is 0 Å². The van der Waals surface area contributed by atoms with Crippen molar-refractivity contribution in [2.24, 2.45) is 0 Å². The zero-order chi connectivity index (χ0) is 17.5. The molecule has 0 fully saturated rings. The van der Waals surface area contributed by atoms with E-state index in [4.69, 9.17) is 4.74 Å². The molecule has 2 N–H and O–H groups in total. The molecule has 0 unspecified atom stereocenters. The molecule has 0 aliphatic rings. The summed E-state index contributed by atoms with van der Waals surface area (Å²) in [5, 5.41) is 8.54. The fourth-order valence-corrected chi connectivity index (χ4v) is 3.03. The third kappa shape index (κ3) is 4.81. The van der Waals surface area contributed by atoms with Gasteiger partial charge in [-0.2, -0.15) is 0 Å². The number of aromatic nitrogens is 1. The van der Waals surface area contributed by atoms with E-state index in [1.807, 2.05) is 54.6 Å². The highest BCUT2D eigenvalue weighted by Gasteiger charge is 2.10. The Labute approximate surface area is 150 Å². The highest BCUT2D eigenvalue weighted by molar-refractivity contribution is 7.14. The standard InChI is InChI=1S/C19H19N3O2S/c1-24-16-9-5-6-14(12-16)10-11-20-18(23)17-13-25-19(22-17)21-15-7-3-2-4-8-15/h2-9,12-13H,10-11H2,1H3,(H,20,23)(H,21,22). The molecule has 0 saturated carbocycles. The second kappa shape index (κ2) is 8.30. The normalized spacial score (nSPS) is 10.3. The number of para-hydroxylation sites is 1. The first-order chi connectivity index (χ1) is 12.2. The smallest absolute Gasteiger partial charge is 0.270 e. The summed E-state index contributed by atoms with van der Waals surface area (Å²) in [7, 11) is 1.64. The van der Waals surface area contributed by atoms with Crippen LogP contribution in [0.4, 0.5) is 10.8 Å². The molecule has 128 valence electrons. The Morgan fingerprint density at radius 1 is 1.16 bits per heavy atom. The molecule has 1 aromatic heterocycles. The van der Waals surface area contributed by atoms with E-state index in [1.165, 1.54) is 11.3 Å². The van der Waals surface area contributed by atoms with Crippen LogP contribution in [0, 0.1) is 0 Å². The highest BCUT2D eigenvalue weighted by atomic mass is 32.1. The molecule has 2 aromatic carbocycles. The van der Waals surface area contributed by atoms with Crippen molar-refractivity contribution in [2.75, 3.05) is 19.0 Å². The molecule has 6 heteroatoms. The van der Waals surface area contributed by atoms with Crippen LogP contribution < -0.4 is 15.4 Å². The molecule has 0 spiro atoms. The lowest BCUT2D eigenvalue weighted by atomic mass is 10.1. The molecule has 0 bridgehead atoms. The number of hydrogen-bond acceptors (Lipinski definition) is 5. The lowest BCUT2D eigenvalue weighted by Crippen LogP contribution is -2.26. The number of carbonyl (C=O) groups excluding carboxylic acids is 1. The predicted molar refractivity (Wildman–Crippen MR) is 101 cm³/mol. The Morgan fingerprint density at radius 3 is 2.80 bits per heavy atom. The van der Waals surface area contributed by atoms with Gasteiger partial charge in [0, 0.05) is 17.6 Å². The van der Waals surface area contributed by atoms with Crippen molar-refractivity contribution in [2.45, 2.75) is 6.42 Å². The van der Waals surface area contributed by atoms with Crippen LogP contribution in [-0.2, 0) is 6.42 Å². The average molecular weight is 353 g/mol. The van der Waals surface area contributed by atoms with Crippen LogP contribution in [0.15, 0.2) is 60.0 Å². The Hall–Kier alpha value is -2.86. The summed E-state index contributed by atoms with van der Waals surface area (Å²) in [5.74, 6) is 0.653. The van der Waals surface area contributed by atoms with Crippen molar-refractivity contribution < 1.29 is 9.53 Å². The number of ether oxygens (including phenoxy) is 1. The Balaban J connectivity index is 1.51. The quantitative estimate of drug-likeness (QED) is 0.677. The predicted octanol–water partition coefficient (Wildman–Crippen LogP) is 3.87. The molecule has 3 aromatic rings. The lowest BCUT2D eigenvalue weighted by Gasteiger charge is -2.05.